The molecule has 3 aromatic rings. The van der Waals surface area contributed by atoms with Gasteiger partial charge in [-0.3, -0.25) is 5.43 Å². The highest BCUT2D eigenvalue weighted by molar-refractivity contribution is 7.92. The Bertz CT molecular complexity index is 1340. The largest absolute Gasteiger partial charge is 0.380 e. The number of nitrogens with two attached hydrogens (primary N) is 1. The van der Waals surface area contributed by atoms with E-state index in [9.17, 15) is 8.42 Å². The van der Waals surface area contributed by atoms with E-state index in [1.165, 1.54) is 10.7 Å². The fourth-order valence-corrected chi connectivity index (χ4v) is 5.31. The van der Waals surface area contributed by atoms with Gasteiger partial charge in [0.05, 0.1) is 28.2 Å². The van der Waals surface area contributed by atoms with E-state index < -0.39 is 15.1 Å². The number of hydrogen-bond donors (Lipinski definition) is 3. The second-order valence-electron chi connectivity index (χ2n) is 8.86. The fraction of sp³-hybridized carbons (Fsp3) is 0.280. The topological polar surface area (TPSA) is 126 Å². The third-order valence-corrected chi connectivity index (χ3v) is 7.86. The van der Waals surface area contributed by atoms with Crippen molar-refractivity contribution in [3.63, 3.8) is 0 Å². The summed E-state index contributed by atoms with van der Waals surface area (Å²) in [5, 5.41) is 3.95. The van der Waals surface area contributed by atoms with Crippen molar-refractivity contribution < 1.29 is 13.3 Å². The molecule has 11 heteroatoms. The molecule has 0 radical (unpaired) electrons. The van der Waals surface area contributed by atoms with Crippen molar-refractivity contribution in [2.45, 2.75) is 23.6 Å². The minimum atomic E-state index is -3.45. The molecule has 0 fully saturated rings. The van der Waals surface area contributed by atoms with Crippen LogP contribution in [-0.2, 0) is 21.2 Å². The monoisotopic (exact) mass is 509 g/mol. The van der Waals surface area contributed by atoms with Crippen LogP contribution in [0, 0.1) is 0 Å². The van der Waals surface area contributed by atoms with Gasteiger partial charge in [0.2, 0.25) is 5.82 Å². The summed E-state index contributed by atoms with van der Waals surface area (Å²) in [6.07, 6.45) is 3.26. The number of aromatic nitrogens is 2. The summed E-state index contributed by atoms with van der Waals surface area (Å²) in [5.74, 6) is 1.09. The van der Waals surface area contributed by atoms with E-state index >= 15 is 0 Å². The highest BCUT2D eigenvalue weighted by atomic mass is 32.2. The Morgan fingerprint density at radius 1 is 1.11 bits per heavy atom. The lowest BCUT2D eigenvalue weighted by molar-refractivity contribution is 0.241. The number of anilines is 2. The predicted molar refractivity (Wildman–Crippen MR) is 141 cm³/mol. The summed E-state index contributed by atoms with van der Waals surface area (Å²) in [6, 6.07) is 14.6. The average molecular weight is 510 g/mol. The van der Waals surface area contributed by atoms with Gasteiger partial charge in [-0.25, -0.2) is 18.4 Å². The molecule has 4 rings (SSSR count). The summed E-state index contributed by atoms with van der Waals surface area (Å²) >= 11 is 0. The van der Waals surface area contributed by atoms with Crippen LogP contribution in [0.25, 0.3) is 17.0 Å². The van der Waals surface area contributed by atoms with Crippen molar-refractivity contribution in [2.24, 2.45) is 0 Å². The van der Waals surface area contributed by atoms with Crippen molar-refractivity contribution in [2.75, 3.05) is 38.6 Å². The van der Waals surface area contributed by atoms with E-state index in [1.807, 2.05) is 50.3 Å². The van der Waals surface area contributed by atoms with Gasteiger partial charge in [0.1, 0.15) is 0 Å². The van der Waals surface area contributed by atoms with Crippen LogP contribution in [0.2, 0.25) is 0 Å². The molecule has 2 aromatic carbocycles. The standard InChI is InChI=1S/C25H31N7O3S/c1-17(16-31(3)4)36(33,34)21-11-9-19(10-12-21)22-14-28-24(26)25(30-22)32-29-15-23(35-32)20-7-5-18(6-8-20)13-27-2/h5-12,14-15,17,27,29H,13,16H2,1-4H3,(H2,26,28). The zero-order valence-electron chi connectivity index (χ0n) is 20.8. The van der Waals surface area contributed by atoms with Crippen molar-refractivity contribution in [3.8, 4) is 11.3 Å². The molecule has 190 valence electrons. The number of rotatable bonds is 9. The molecule has 0 amide bonds. The Hall–Kier alpha value is -3.67. The normalized spacial score (nSPS) is 14.4. The lowest BCUT2D eigenvalue weighted by atomic mass is 10.1. The van der Waals surface area contributed by atoms with Gasteiger partial charge in [-0.05, 0) is 45.8 Å². The first-order valence-electron chi connectivity index (χ1n) is 11.5. The number of nitrogens with one attached hydrogen (secondary N) is 2. The highest BCUT2D eigenvalue weighted by Gasteiger charge is 2.25. The molecule has 10 nitrogen and oxygen atoms in total. The number of hydrogen-bond acceptors (Lipinski definition) is 10. The maximum Gasteiger partial charge on any atom is 0.231 e. The van der Waals surface area contributed by atoms with Crippen molar-refractivity contribution in [1.29, 1.82) is 0 Å². The smallest absolute Gasteiger partial charge is 0.231 e. The fourth-order valence-electron chi connectivity index (χ4n) is 3.84. The Morgan fingerprint density at radius 2 is 1.78 bits per heavy atom. The lowest BCUT2D eigenvalue weighted by Crippen LogP contribution is -2.30. The van der Waals surface area contributed by atoms with E-state index in [0.29, 0.717) is 29.4 Å². The second kappa shape index (κ2) is 10.5. The molecule has 0 saturated carbocycles. The minimum absolute atomic E-state index is 0.182. The lowest BCUT2D eigenvalue weighted by Gasteiger charge is -2.19. The van der Waals surface area contributed by atoms with Crippen LogP contribution in [0.4, 0.5) is 11.6 Å². The molecule has 1 atom stereocenters. The molecule has 1 unspecified atom stereocenters. The van der Waals surface area contributed by atoms with E-state index in [2.05, 4.69) is 20.7 Å². The molecule has 4 N–H and O–H groups in total. The molecular weight excluding hydrogens is 478 g/mol. The van der Waals surface area contributed by atoms with Crippen molar-refractivity contribution in [3.05, 3.63) is 72.1 Å². The molecule has 0 saturated heterocycles. The third kappa shape index (κ3) is 5.43. The van der Waals surface area contributed by atoms with E-state index in [0.717, 1.165) is 12.1 Å². The summed E-state index contributed by atoms with van der Waals surface area (Å²) in [5.41, 5.74) is 12.4. The Balaban J connectivity index is 1.51. The Kier molecular flexibility index (Phi) is 7.43. The Morgan fingerprint density at radius 3 is 2.42 bits per heavy atom. The van der Waals surface area contributed by atoms with Gasteiger partial charge in [-0.15, -0.1) is 0 Å². The number of benzene rings is 2. The van der Waals surface area contributed by atoms with Gasteiger partial charge in [0.15, 0.2) is 21.4 Å². The van der Waals surface area contributed by atoms with Crippen LogP contribution < -0.4 is 21.6 Å². The predicted octanol–water partition coefficient (Wildman–Crippen LogP) is 2.42. The molecule has 1 aromatic heterocycles. The first-order chi connectivity index (χ1) is 17.2. The van der Waals surface area contributed by atoms with Gasteiger partial charge in [-0.1, -0.05) is 41.6 Å². The van der Waals surface area contributed by atoms with E-state index in [4.69, 9.17) is 10.6 Å². The number of nitrogen functional groups attached to an aromatic ring is 1. The van der Waals surface area contributed by atoms with Crippen LogP contribution in [0.1, 0.15) is 18.1 Å². The second-order valence-corrected chi connectivity index (χ2v) is 11.2. The summed E-state index contributed by atoms with van der Waals surface area (Å²) in [4.78, 5) is 16.9. The zero-order valence-corrected chi connectivity index (χ0v) is 21.6. The van der Waals surface area contributed by atoms with Crippen LogP contribution in [-0.4, -0.2) is 56.2 Å². The molecular formula is C25H31N7O3S. The molecule has 0 spiro atoms. The minimum Gasteiger partial charge on any atom is -0.380 e. The van der Waals surface area contributed by atoms with Crippen molar-refractivity contribution >= 4 is 27.2 Å². The molecule has 0 bridgehead atoms. The van der Waals surface area contributed by atoms with Crippen LogP contribution in [0.15, 0.2) is 65.8 Å². The van der Waals surface area contributed by atoms with Crippen LogP contribution >= 0.6 is 0 Å². The molecule has 1 aliphatic rings. The maximum absolute atomic E-state index is 12.9. The average Bonchev–Trinajstić information content (AvgIpc) is 3.35. The maximum atomic E-state index is 12.9. The van der Waals surface area contributed by atoms with Gasteiger partial charge < -0.3 is 20.8 Å². The third-order valence-electron chi connectivity index (χ3n) is 5.73. The summed E-state index contributed by atoms with van der Waals surface area (Å²) in [7, 11) is 2.16. The van der Waals surface area contributed by atoms with E-state index in [1.54, 1.807) is 43.6 Å². The summed E-state index contributed by atoms with van der Waals surface area (Å²) in [6.45, 7) is 2.93. The van der Waals surface area contributed by atoms with E-state index in [-0.39, 0.29) is 10.7 Å². The number of sulfone groups is 1. The highest BCUT2D eigenvalue weighted by Crippen LogP contribution is 2.29. The zero-order chi connectivity index (χ0) is 25.9. The first kappa shape index (κ1) is 25.4. The molecule has 2 heterocycles. The Labute approximate surface area is 211 Å². The molecule has 1 aliphatic heterocycles. The first-order valence-corrected chi connectivity index (χ1v) is 13.0. The van der Waals surface area contributed by atoms with Gasteiger partial charge in [0.25, 0.3) is 0 Å². The SMILES string of the molecule is CNCc1ccc(C2=CNN(c3nc(-c4ccc(S(=O)(=O)C(C)CN(C)C)cc4)cnc3N)O2)cc1. The van der Waals surface area contributed by atoms with Gasteiger partial charge in [-0.2, -0.15) is 0 Å². The molecule has 0 aliphatic carbocycles. The number of nitrogens with zero attached hydrogens (tertiary/aromatic N) is 4. The number of hydrazine groups is 1. The van der Waals surface area contributed by atoms with Crippen molar-refractivity contribution in [1.82, 2.24) is 25.6 Å². The summed E-state index contributed by atoms with van der Waals surface area (Å²) < 4.78 is 25.8. The van der Waals surface area contributed by atoms with Gasteiger partial charge >= 0.3 is 0 Å². The van der Waals surface area contributed by atoms with Gasteiger partial charge in [0, 0.05) is 24.2 Å². The van der Waals surface area contributed by atoms with Crippen LogP contribution in [0.3, 0.4) is 0 Å². The van der Waals surface area contributed by atoms with Crippen LogP contribution in [0.5, 0.6) is 0 Å². The quantitative estimate of drug-likeness (QED) is 0.396. The molecule has 36 heavy (non-hydrogen) atoms.